The molecule has 22 nitrogen and oxygen atoms in total. The van der Waals surface area contributed by atoms with Gasteiger partial charge in [0.2, 0.25) is 0 Å². The molecule has 0 heterocycles. The third kappa shape index (κ3) is 38.5. The first-order chi connectivity index (χ1) is 15.8. The minimum absolute atomic E-state index is 0. The van der Waals surface area contributed by atoms with E-state index < -0.39 is 107 Å². The molecule has 0 saturated carbocycles. The van der Waals surface area contributed by atoms with E-state index in [4.69, 9.17) is 79.7 Å². The first-order valence-corrected chi connectivity index (χ1v) is 17.8. The van der Waals surface area contributed by atoms with Gasteiger partial charge >= 0.3 is 112 Å². The summed E-state index contributed by atoms with van der Waals surface area (Å²) in [6.07, 6.45) is -16.2. The molecule has 27 heteroatoms. The van der Waals surface area contributed by atoms with Crippen LogP contribution in [-0.2, 0) is 107 Å². The number of carboxylic acid groups (broad SMARTS) is 2. The van der Waals surface area contributed by atoms with Crippen molar-refractivity contribution in [2.24, 2.45) is 0 Å². The van der Waals surface area contributed by atoms with Gasteiger partial charge in [0.25, 0.3) is 0 Å². The molecule has 0 aliphatic heterocycles. The van der Waals surface area contributed by atoms with Crippen LogP contribution in [0.3, 0.4) is 0 Å². The first-order valence-electron chi connectivity index (χ1n) is 8.24. The Kier molecular flexibility index (Phi) is 38.8. The topological polar surface area (TPSA) is 443 Å². The van der Waals surface area contributed by atoms with E-state index >= 15 is 0 Å². The normalized spacial score (nSPS) is 16.6. The van der Waals surface area contributed by atoms with Gasteiger partial charge in [-0.1, -0.05) is 0 Å². The van der Waals surface area contributed by atoms with Crippen molar-refractivity contribution in [1.29, 1.82) is 0 Å². The van der Waals surface area contributed by atoms with E-state index in [2.05, 4.69) is 0 Å². The molecule has 0 unspecified atom stereocenters. The monoisotopic (exact) mass is 1060 g/mol. The molecule has 10 N–H and O–H groups in total. The Morgan fingerprint density at radius 2 is 0.667 bits per heavy atom. The van der Waals surface area contributed by atoms with Gasteiger partial charge in [-0.2, -0.15) is 0 Å². The van der Waals surface area contributed by atoms with E-state index in [1.54, 1.807) is 0 Å². The summed E-state index contributed by atoms with van der Waals surface area (Å²) in [6, 6.07) is 0. The molecule has 0 aliphatic carbocycles. The molecule has 0 aromatic heterocycles. The second-order valence-electron chi connectivity index (χ2n) is 5.81. The number of carbonyl (C=O) groups is 2. The predicted octanol–water partition coefficient (Wildman–Crippen LogP) is -14.9. The van der Waals surface area contributed by atoms with E-state index in [1.165, 1.54) is 0 Å². The van der Waals surface area contributed by atoms with Crippen LogP contribution in [0.25, 0.3) is 0 Å². The number of carboxylic acids is 2. The number of aliphatic carboxylic acids is 2. The zero-order chi connectivity index (χ0) is 30.2. The molecule has 0 fully saturated rings. The molecular weight excluding hydrogens is 1040 g/mol. The molecular formula is C12H22Co3O22W2. The Morgan fingerprint density at radius 3 is 0.769 bits per heavy atom. The Labute approximate surface area is 255 Å². The fourth-order valence-electron chi connectivity index (χ4n) is 1.32. The number of hydrogen-bond acceptors (Lipinski definition) is 22. The SMILES string of the molecule is O=C([O-])[C@H](O)[C@@H](O)[C@H](O)[C@H](O)CO.O=C([O-])[C@H](O)[C@@H](O)[C@H](O)[C@H](O)CO.[Co+2].[Co+2].[Co+2].[O]=[W](=[O])([O-])[O-].[O]=[W](=[O])([O-])[O-]. The van der Waals surface area contributed by atoms with Gasteiger partial charge in [-0.15, -0.1) is 0 Å². The van der Waals surface area contributed by atoms with Crippen molar-refractivity contribution in [3.05, 3.63) is 0 Å². The van der Waals surface area contributed by atoms with Gasteiger partial charge in [0.05, 0.1) is 25.2 Å². The fraction of sp³-hybridized carbons (Fsp3) is 0.833. The average molecular weight is 1060 g/mol. The van der Waals surface area contributed by atoms with Gasteiger partial charge in [-0.25, -0.2) is 0 Å². The molecule has 3 radical (unpaired) electrons. The molecule has 0 bridgehead atoms. The molecule has 8 atom stereocenters. The van der Waals surface area contributed by atoms with E-state index in [0.717, 1.165) is 0 Å². The van der Waals surface area contributed by atoms with Gasteiger partial charge in [0.1, 0.15) is 48.8 Å². The van der Waals surface area contributed by atoms with Crippen molar-refractivity contribution in [2.45, 2.75) is 48.8 Å². The third-order valence-electron chi connectivity index (χ3n) is 2.99. The molecule has 0 amide bonds. The fourth-order valence-corrected chi connectivity index (χ4v) is 1.32. The Morgan fingerprint density at radius 1 is 0.513 bits per heavy atom. The van der Waals surface area contributed by atoms with Gasteiger partial charge in [0.15, 0.2) is 0 Å². The average Bonchev–Trinajstić information content (AvgIpc) is 2.72. The zero-order valence-corrected chi connectivity index (χ0v) is 27.2. The van der Waals surface area contributed by atoms with Crippen LogP contribution >= 0.6 is 0 Å². The summed E-state index contributed by atoms with van der Waals surface area (Å²) in [5.74, 6) is -3.95. The molecule has 0 saturated heterocycles. The van der Waals surface area contributed by atoms with Crippen molar-refractivity contribution in [3.63, 3.8) is 0 Å². The number of aliphatic hydroxyl groups is 10. The van der Waals surface area contributed by atoms with Gasteiger partial charge in [-0.3, -0.25) is 0 Å². The second-order valence-corrected chi connectivity index (χ2v) is 11.7. The zero-order valence-electron chi connectivity index (χ0n) is 18.2. The predicted molar refractivity (Wildman–Crippen MR) is 75.0 cm³/mol. The van der Waals surface area contributed by atoms with Crippen molar-refractivity contribution in [3.8, 4) is 0 Å². The van der Waals surface area contributed by atoms with E-state index in [9.17, 15) is 19.8 Å². The summed E-state index contributed by atoms with van der Waals surface area (Å²) in [6.45, 7) is -1.73. The van der Waals surface area contributed by atoms with Crippen LogP contribution < -0.4 is 25.3 Å². The maximum atomic E-state index is 9.98. The van der Waals surface area contributed by atoms with Gasteiger partial charge in [-0.05, 0) is 0 Å². The van der Waals surface area contributed by atoms with Crippen LogP contribution in [0.4, 0.5) is 0 Å². The molecule has 241 valence electrons. The second kappa shape index (κ2) is 27.3. The molecule has 0 aromatic rings. The van der Waals surface area contributed by atoms with Gasteiger partial charge < -0.3 is 70.9 Å². The number of aliphatic hydroxyl groups excluding tert-OH is 10. The quantitative estimate of drug-likeness (QED) is 0.0971. The summed E-state index contributed by atoms with van der Waals surface area (Å²) in [5.41, 5.74) is 0. The Balaban J connectivity index is -0.0000000741. The summed E-state index contributed by atoms with van der Waals surface area (Å²) in [5, 5.41) is 107. The van der Waals surface area contributed by atoms with E-state index in [0.29, 0.717) is 0 Å². The van der Waals surface area contributed by atoms with Crippen molar-refractivity contribution < 1.29 is 183 Å². The Hall–Kier alpha value is 0.476. The summed E-state index contributed by atoms with van der Waals surface area (Å²) >= 11 is -12.3. The van der Waals surface area contributed by atoms with Crippen LogP contribution in [0.15, 0.2) is 0 Å². The number of rotatable bonds is 10. The maximum absolute atomic E-state index is 9.98. The van der Waals surface area contributed by atoms with E-state index in [1.807, 2.05) is 0 Å². The van der Waals surface area contributed by atoms with Crippen LogP contribution in [0.2, 0.25) is 0 Å². The van der Waals surface area contributed by atoms with Crippen molar-refractivity contribution in [1.82, 2.24) is 0 Å². The molecule has 0 spiro atoms. The van der Waals surface area contributed by atoms with Crippen molar-refractivity contribution in [2.75, 3.05) is 13.2 Å². The van der Waals surface area contributed by atoms with Crippen LogP contribution in [0.5, 0.6) is 0 Å². The Bertz CT molecular complexity index is 742. The van der Waals surface area contributed by atoms with Crippen LogP contribution in [0, 0.1) is 0 Å². The van der Waals surface area contributed by atoms with Crippen LogP contribution in [-0.4, -0.2) is 125 Å². The van der Waals surface area contributed by atoms with E-state index in [-0.39, 0.29) is 50.3 Å². The number of carbonyl (C=O) groups excluding carboxylic acids is 2. The molecule has 39 heavy (non-hydrogen) atoms. The summed E-state index contributed by atoms with van der Waals surface area (Å²) < 4.78 is 69.2. The standard InChI is InChI=1S/2C6H12O7.3Co.8O.2W/c2*7-1-2(8)3(9)4(10)5(11)6(12)13;;;;;;;;;;;;;/h2*2-5,7-11H,1H2,(H,12,13);;;;;;;;;;;;;/q;;3*+2;;;;;4*-1;;/p-2/t2*2-,3-,4+,5-;;;;;;;;;;;;;/m11............./s1. The number of hydrogen-bond donors (Lipinski definition) is 10. The molecule has 0 aliphatic rings. The minimum atomic E-state index is -6.17. The van der Waals surface area contributed by atoms with Gasteiger partial charge in [0, 0.05) is 0 Å². The van der Waals surface area contributed by atoms with Crippen LogP contribution in [0.1, 0.15) is 0 Å². The summed E-state index contributed by atoms with van der Waals surface area (Å²) in [4.78, 5) is 20.0. The molecule has 0 rings (SSSR count). The summed E-state index contributed by atoms with van der Waals surface area (Å²) in [7, 11) is 0. The first kappa shape index (κ1) is 55.4. The molecule has 0 aromatic carbocycles. The van der Waals surface area contributed by atoms with Crippen molar-refractivity contribution >= 4 is 11.9 Å². The third-order valence-corrected chi connectivity index (χ3v) is 2.99.